The van der Waals surface area contributed by atoms with Crippen LogP contribution in [-0.4, -0.2) is 67.4 Å². The molecule has 0 aliphatic carbocycles. The standard InChI is InChI=1S/C20H24FN3O3S2/c1-23-10-12-24(13-11-23)29(26,27)18-8-9-20(22-15-18)28-14-2-3-19(25)16-4-6-17(21)7-5-16/h4-9,15H,2-3,10-14H2,1H3. The number of aromatic nitrogens is 1. The lowest BCUT2D eigenvalue weighted by molar-refractivity contribution is 0.0982. The number of Topliss-reactive ketones (excluding diaryl/α,β-unsaturated/α-hetero) is 1. The summed E-state index contributed by atoms with van der Waals surface area (Å²) in [5.74, 6) is 0.304. The molecule has 1 aromatic heterocycles. The molecule has 2 heterocycles. The third-order valence-corrected chi connectivity index (χ3v) is 7.69. The molecule has 156 valence electrons. The molecule has 0 spiro atoms. The van der Waals surface area contributed by atoms with Gasteiger partial charge in [-0.3, -0.25) is 4.79 Å². The number of likely N-dealkylation sites (N-methyl/N-ethyl adjacent to an activating group) is 1. The van der Waals surface area contributed by atoms with Crippen LogP contribution in [0.2, 0.25) is 0 Å². The largest absolute Gasteiger partial charge is 0.304 e. The predicted octanol–water partition coefficient (Wildman–Crippen LogP) is 2.91. The van der Waals surface area contributed by atoms with Crippen LogP contribution < -0.4 is 0 Å². The van der Waals surface area contributed by atoms with Gasteiger partial charge in [0, 0.05) is 44.4 Å². The van der Waals surface area contributed by atoms with E-state index in [9.17, 15) is 17.6 Å². The summed E-state index contributed by atoms with van der Waals surface area (Å²) >= 11 is 1.48. The van der Waals surface area contributed by atoms with Crippen molar-refractivity contribution >= 4 is 27.6 Å². The van der Waals surface area contributed by atoms with Crippen molar-refractivity contribution in [2.45, 2.75) is 22.8 Å². The summed E-state index contributed by atoms with van der Waals surface area (Å²) in [6.45, 7) is 2.41. The second-order valence-corrected chi connectivity index (χ2v) is 9.97. The summed E-state index contributed by atoms with van der Waals surface area (Å²) in [5, 5.41) is 0.719. The number of pyridine rings is 1. The molecule has 1 fully saturated rings. The van der Waals surface area contributed by atoms with E-state index in [0.717, 1.165) is 18.1 Å². The van der Waals surface area contributed by atoms with Gasteiger partial charge in [-0.2, -0.15) is 4.31 Å². The maximum Gasteiger partial charge on any atom is 0.244 e. The Hall–Kier alpha value is -1.81. The molecule has 0 bridgehead atoms. The predicted molar refractivity (Wildman–Crippen MR) is 111 cm³/mol. The lowest BCUT2D eigenvalue weighted by Crippen LogP contribution is -2.47. The average Bonchev–Trinajstić information content (AvgIpc) is 2.72. The van der Waals surface area contributed by atoms with Gasteiger partial charge in [-0.05, 0) is 55.6 Å². The number of ketones is 1. The Bertz CT molecular complexity index is 926. The van der Waals surface area contributed by atoms with Crippen LogP contribution in [0.5, 0.6) is 0 Å². The molecule has 6 nitrogen and oxygen atoms in total. The first-order chi connectivity index (χ1) is 13.9. The number of hydrogen-bond acceptors (Lipinski definition) is 6. The molecule has 0 amide bonds. The first kappa shape index (κ1) is 21.9. The van der Waals surface area contributed by atoms with E-state index in [1.54, 1.807) is 12.1 Å². The number of sulfonamides is 1. The van der Waals surface area contributed by atoms with Gasteiger partial charge in [-0.25, -0.2) is 17.8 Å². The van der Waals surface area contributed by atoms with Crippen molar-refractivity contribution in [2.24, 2.45) is 0 Å². The van der Waals surface area contributed by atoms with Crippen LogP contribution in [0.15, 0.2) is 52.5 Å². The number of rotatable bonds is 8. The highest BCUT2D eigenvalue weighted by Gasteiger charge is 2.27. The molecule has 29 heavy (non-hydrogen) atoms. The second kappa shape index (κ2) is 9.80. The zero-order valence-electron chi connectivity index (χ0n) is 16.3. The third kappa shape index (κ3) is 5.85. The smallest absolute Gasteiger partial charge is 0.244 e. The monoisotopic (exact) mass is 437 g/mol. The summed E-state index contributed by atoms with van der Waals surface area (Å²) in [5.41, 5.74) is 0.507. The highest BCUT2D eigenvalue weighted by molar-refractivity contribution is 7.99. The molecule has 2 aromatic rings. The van der Waals surface area contributed by atoms with Crippen LogP contribution >= 0.6 is 11.8 Å². The lowest BCUT2D eigenvalue weighted by atomic mass is 10.1. The quantitative estimate of drug-likeness (QED) is 0.359. The summed E-state index contributed by atoms with van der Waals surface area (Å²) in [6.07, 6.45) is 2.43. The molecule has 1 aliphatic rings. The fraction of sp³-hybridized carbons (Fsp3) is 0.400. The second-order valence-electron chi connectivity index (χ2n) is 6.92. The van der Waals surface area contributed by atoms with Crippen LogP contribution in [0.1, 0.15) is 23.2 Å². The Morgan fingerprint density at radius 2 is 1.79 bits per heavy atom. The topological polar surface area (TPSA) is 70.6 Å². The van der Waals surface area contributed by atoms with Crippen molar-refractivity contribution in [1.82, 2.24) is 14.2 Å². The summed E-state index contributed by atoms with van der Waals surface area (Å²) in [7, 11) is -1.53. The van der Waals surface area contributed by atoms with E-state index in [1.807, 2.05) is 7.05 Å². The van der Waals surface area contributed by atoms with Crippen LogP contribution in [0.25, 0.3) is 0 Å². The Labute approximate surface area is 175 Å². The Balaban J connectivity index is 1.48. The molecular weight excluding hydrogens is 413 g/mol. The summed E-state index contributed by atoms with van der Waals surface area (Å²) in [6, 6.07) is 8.84. The van der Waals surface area contributed by atoms with Gasteiger partial charge in [0.25, 0.3) is 0 Å². The van der Waals surface area contributed by atoms with E-state index in [1.165, 1.54) is 46.5 Å². The fourth-order valence-corrected chi connectivity index (χ4v) is 5.13. The highest BCUT2D eigenvalue weighted by Crippen LogP contribution is 2.21. The number of thioether (sulfide) groups is 1. The lowest BCUT2D eigenvalue weighted by Gasteiger charge is -2.31. The van der Waals surface area contributed by atoms with Gasteiger partial charge in [-0.15, -0.1) is 11.8 Å². The number of benzene rings is 1. The first-order valence-corrected chi connectivity index (χ1v) is 11.8. The van der Waals surface area contributed by atoms with E-state index in [4.69, 9.17) is 0 Å². The third-order valence-electron chi connectivity index (χ3n) is 4.77. The molecule has 0 unspecified atom stereocenters. The number of carbonyl (C=O) groups excluding carboxylic acids is 1. The molecule has 1 aromatic carbocycles. The fourth-order valence-electron chi connectivity index (χ4n) is 2.97. The molecule has 1 aliphatic heterocycles. The minimum atomic E-state index is -3.51. The average molecular weight is 438 g/mol. The molecule has 0 saturated carbocycles. The number of hydrogen-bond donors (Lipinski definition) is 0. The van der Waals surface area contributed by atoms with Crippen molar-refractivity contribution in [2.75, 3.05) is 39.0 Å². The maximum atomic E-state index is 12.9. The first-order valence-electron chi connectivity index (χ1n) is 9.42. The van der Waals surface area contributed by atoms with Crippen molar-refractivity contribution < 1.29 is 17.6 Å². The summed E-state index contributed by atoms with van der Waals surface area (Å²) < 4.78 is 39.8. The van der Waals surface area contributed by atoms with E-state index in [2.05, 4.69) is 9.88 Å². The zero-order chi connectivity index (χ0) is 20.9. The Morgan fingerprint density at radius 3 is 2.41 bits per heavy atom. The van der Waals surface area contributed by atoms with Gasteiger partial charge in [0.1, 0.15) is 10.7 Å². The van der Waals surface area contributed by atoms with Crippen LogP contribution in [0.3, 0.4) is 0 Å². The minimum Gasteiger partial charge on any atom is -0.304 e. The molecule has 0 radical (unpaired) electrons. The SMILES string of the molecule is CN1CCN(S(=O)(=O)c2ccc(SCCCC(=O)c3ccc(F)cc3)nc2)CC1. The molecule has 0 atom stereocenters. The number of carbonyl (C=O) groups is 1. The normalized spacial score (nSPS) is 16.1. The molecule has 0 N–H and O–H groups in total. The van der Waals surface area contributed by atoms with Gasteiger partial charge in [0.15, 0.2) is 5.78 Å². The maximum absolute atomic E-state index is 12.9. The van der Waals surface area contributed by atoms with Crippen molar-refractivity contribution in [3.63, 3.8) is 0 Å². The van der Waals surface area contributed by atoms with Crippen LogP contribution in [0.4, 0.5) is 4.39 Å². The van der Waals surface area contributed by atoms with Crippen molar-refractivity contribution in [3.8, 4) is 0 Å². The Kier molecular flexibility index (Phi) is 7.39. The van der Waals surface area contributed by atoms with E-state index >= 15 is 0 Å². The zero-order valence-corrected chi connectivity index (χ0v) is 17.9. The van der Waals surface area contributed by atoms with Crippen LogP contribution in [0, 0.1) is 5.82 Å². The van der Waals surface area contributed by atoms with Crippen LogP contribution in [-0.2, 0) is 10.0 Å². The van der Waals surface area contributed by atoms with Gasteiger partial charge in [-0.1, -0.05) is 0 Å². The molecular formula is C20H24FN3O3S2. The van der Waals surface area contributed by atoms with Crippen molar-refractivity contribution in [1.29, 1.82) is 0 Å². The molecule has 9 heteroatoms. The summed E-state index contributed by atoms with van der Waals surface area (Å²) in [4.78, 5) is 18.6. The number of piperazine rings is 1. The van der Waals surface area contributed by atoms with Gasteiger partial charge < -0.3 is 4.90 Å². The van der Waals surface area contributed by atoms with Crippen molar-refractivity contribution in [3.05, 3.63) is 54.0 Å². The van der Waals surface area contributed by atoms with E-state index < -0.39 is 10.0 Å². The van der Waals surface area contributed by atoms with Gasteiger partial charge in [0.2, 0.25) is 10.0 Å². The number of halogens is 1. The van der Waals surface area contributed by atoms with E-state index in [0.29, 0.717) is 37.2 Å². The molecule has 3 rings (SSSR count). The molecule has 1 saturated heterocycles. The van der Waals surface area contributed by atoms with Gasteiger partial charge >= 0.3 is 0 Å². The highest BCUT2D eigenvalue weighted by atomic mass is 32.2. The Morgan fingerprint density at radius 1 is 1.10 bits per heavy atom. The number of nitrogens with zero attached hydrogens (tertiary/aromatic N) is 3. The van der Waals surface area contributed by atoms with Gasteiger partial charge in [0.05, 0.1) is 5.03 Å². The minimum absolute atomic E-state index is 0.0211. The van der Waals surface area contributed by atoms with E-state index in [-0.39, 0.29) is 16.5 Å².